The second kappa shape index (κ2) is 9.86. The molecule has 0 radical (unpaired) electrons. The number of carbonyl (C=O) groups excluding carboxylic acids is 1. The minimum atomic E-state index is -0.221. The van der Waals surface area contributed by atoms with E-state index in [4.69, 9.17) is 4.74 Å². The van der Waals surface area contributed by atoms with Crippen LogP contribution in [0.4, 0.5) is 11.5 Å². The van der Waals surface area contributed by atoms with Crippen LogP contribution in [0.25, 0.3) is 11.4 Å². The highest BCUT2D eigenvalue weighted by Crippen LogP contribution is 2.25. The number of ether oxygens (including phenoxy) is 1. The van der Waals surface area contributed by atoms with E-state index >= 15 is 0 Å². The average molecular weight is 431 g/mol. The van der Waals surface area contributed by atoms with E-state index in [0.717, 1.165) is 17.7 Å². The van der Waals surface area contributed by atoms with Gasteiger partial charge in [-0.15, -0.1) is 11.3 Å². The smallest absolute Gasteiger partial charge is 0.256 e. The van der Waals surface area contributed by atoms with Gasteiger partial charge in [0.15, 0.2) is 5.82 Å². The Bertz CT molecular complexity index is 1150. The topological polar surface area (TPSA) is 76.1 Å². The second-order valence-electron chi connectivity index (χ2n) is 6.76. The molecular formula is C24H22N4O2S. The number of nitrogens with one attached hydrogen (secondary N) is 2. The summed E-state index contributed by atoms with van der Waals surface area (Å²) in [5.41, 5.74) is 2.03. The minimum Gasteiger partial charge on any atom is -0.497 e. The molecule has 2 N–H and O–H groups in total. The SMILES string of the molecule is COc1cccc(Nc2nc(-c3ccccc3)ncc2C(=O)NCCc2cccs2)c1. The number of amides is 1. The number of anilines is 2. The van der Waals surface area contributed by atoms with Crippen LogP contribution in [0.1, 0.15) is 15.2 Å². The molecule has 156 valence electrons. The number of methoxy groups -OCH3 is 1. The molecule has 7 heteroatoms. The lowest BCUT2D eigenvalue weighted by molar-refractivity contribution is 0.0954. The van der Waals surface area contributed by atoms with Crippen molar-refractivity contribution in [3.63, 3.8) is 0 Å². The van der Waals surface area contributed by atoms with Gasteiger partial charge < -0.3 is 15.4 Å². The fourth-order valence-electron chi connectivity index (χ4n) is 3.06. The summed E-state index contributed by atoms with van der Waals surface area (Å²) in [4.78, 5) is 23.2. The third kappa shape index (κ3) is 5.26. The number of nitrogens with zero attached hydrogens (tertiary/aromatic N) is 2. The summed E-state index contributed by atoms with van der Waals surface area (Å²) in [6.07, 6.45) is 2.35. The lowest BCUT2D eigenvalue weighted by Crippen LogP contribution is -2.26. The Labute approximate surface area is 185 Å². The first kappa shape index (κ1) is 20.6. The number of aromatic nitrogens is 2. The Hall–Kier alpha value is -3.71. The predicted octanol–water partition coefficient (Wildman–Crippen LogP) is 4.93. The third-order valence-electron chi connectivity index (χ3n) is 4.63. The van der Waals surface area contributed by atoms with Crippen molar-refractivity contribution in [2.45, 2.75) is 6.42 Å². The first-order valence-electron chi connectivity index (χ1n) is 9.87. The standard InChI is InChI=1S/C24H22N4O2S/c1-30-19-10-5-9-18(15-19)27-23-21(24(29)25-13-12-20-11-6-14-31-20)16-26-22(28-23)17-7-3-2-4-8-17/h2-11,14-16H,12-13H2,1H3,(H,25,29)(H,26,27,28). The van der Waals surface area contributed by atoms with E-state index in [-0.39, 0.29) is 5.91 Å². The lowest BCUT2D eigenvalue weighted by atomic mass is 10.2. The molecule has 0 saturated heterocycles. The van der Waals surface area contributed by atoms with Crippen molar-refractivity contribution in [1.82, 2.24) is 15.3 Å². The summed E-state index contributed by atoms with van der Waals surface area (Å²) >= 11 is 1.68. The van der Waals surface area contributed by atoms with Crippen molar-refractivity contribution in [1.29, 1.82) is 0 Å². The molecule has 0 aliphatic carbocycles. The van der Waals surface area contributed by atoms with Crippen LogP contribution in [-0.4, -0.2) is 29.5 Å². The normalized spacial score (nSPS) is 10.5. The van der Waals surface area contributed by atoms with E-state index in [0.29, 0.717) is 29.5 Å². The number of carbonyl (C=O) groups is 1. The van der Waals surface area contributed by atoms with E-state index < -0.39 is 0 Å². The van der Waals surface area contributed by atoms with Crippen LogP contribution in [0, 0.1) is 0 Å². The Kier molecular flexibility index (Phi) is 6.54. The first-order chi connectivity index (χ1) is 15.2. The van der Waals surface area contributed by atoms with Crippen molar-refractivity contribution in [2.24, 2.45) is 0 Å². The minimum absolute atomic E-state index is 0.221. The van der Waals surface area contributed by atoms with Crippen molar-refractivity contribution in [3.05, 3.63) is 88.7 Å². The van der Waals surface area contributed by atoms with Crippen LogP contribution < -0.4 is 15.4 Å². The van der Waals surface area contributed by atoms with Crippen LogP contribution in [0.15, 0.2) is 78.3 Å². The van der Waals surface area contributed by atoms with E-state index in [1.54, 1.807) is 24.6 Å². The summed E-state index contributed by atoms with van der Waals surface area (Å²) in [5.74, 6) is 1.47. The van der Waals surface area contributed by atoms with Crippen LogP contribution >= 0.6 is 11.3 Å². The number of hydrogen-bond acceptors (Lipinski definition) is 6. The fraction of sp³-hybridized carbons (Fsp3) is 0.125. The van der Waals surface area contributed by atoms with Gasteiger partial charge in [0.25, 0.3) is 5.91 Å². The third-order valence-corrected chi connectivity index (χ3v) is 5.57. The summed E-state index contributed by atoms with van der Waals surface area (Å²) in [5, 5.41) is 8.25. The largest absolute Gasteiger partial charge is 0.497 e. The summed E-state index contributed by atoms with van der Waals surface area (Å²) < 4.78 is 5.30. The molecule has 2 aromatic carbocycles. The molecular weight excluding hydrogens is 408 g/mol. The van der Waals surface area contributed by atoms with Crippen molar-refractivity contribution in [2.75, 3.05) is 19.0 Å². The van der Waals surface area contributed by atoms with Crippen molar-refractivity contribution >= 4 is 28.7 Å². The Morgan fingerprint density at radius 2 is 1.94 bits per heavy atom. The van der Waals surface area contributed by atoms with Crippen LogP contribution in [-0.2, 0) is 6.42 Å². The zero-order valence-corrected chi connectivity index (χ0v) is 17.9. The number of rotatable bonds is 8. The maximum Gasteiger partial charge on any atom is 0.256 e. The lowest BCUT2D eigenvalue weighted by Gasteiger charge is -2.13. The highest BCUT2D eigenvalue weighted by molar-refractivity contribution is 7.09. The van der Waals surface area contributed by atoms with Crippen LogP contribution in [0.2, 0.25) is 0 Å². The highest BCUT2D eigenvalue weighted by Gasteiger charge is 2.16. The second-order valence-corrected chi connectivity index (χ2v) is 7.80. The molecule has 31 heavy (non-hydrogen) atoms. The quantitative estimate of drug-likeness (QED) is 0.415. The molecule has 0 saturated carbocycles. The van der Waals surface area contributed by atoms with Gasteiger partial charge >= 0.3 is 0 Å². The molecule has 0 fully saturated rings. The van der Waals surface area contributed by atoms with Gasteiger partial charge in [-0.2, -0.15) is 0 Å². The molecule has 0 bridgehead atoms. The van der Waals surface area contributed by atoms with Gasteiger partial charge in [-0.25, -0.2) is 9.97 Å². The predicted molar refractivity (Wildman–Crippen MR) is 124 cm³/mol. The zero-order chi connectivity index (χ0) is 21.5. The van der Waals surface area contributed by atoms with Crippen molar-refractivity contribution in [3.8, 4) is 17.1 Å². The molecule has 6 nitrogen and oxygen atoms in total. The molecule has 0 aliphatic rings. The monoisotopic (exact) mass is 430 g/mol. The van der Waals surface area contributed by atoms with E-state index in [1.165, 1.54) is 4.88 Å². The first-order valence-corrected chi connectivity index (χ1v) is 10.7. The molecule has 1 amide bonds. The van der Waals surface area contributed by atoms with Crippen LogP contribution in [0.3, 0.4) is 0 Å². The van der Waals surface area contributed by atoms with Gasteiger partial charge in [-0.1, -0.05) is 42.5 Å². The number of hydrogen-bond donors (Lipinski definition) is 2. The summed E-state index contributed by atoms with van der Waals surface area (Å²) in [6, 6.07) is 21.2. The van der Waals surface area contributed by atoms with E-state index in [2.05, 4.69) is 26.7 Å². The molecule has 4 aromatic rings. The molecule has 0 aliphatic heterocycles. The van der Waals surface area contributed by atoms with Gasteiger partial charge in [0, 0.05) is 34.9 Å². The summed E-state index contributed by atoms with van der Waals surface area (Å²) in [6.45, 7) is 0.540. The van der Waals surface area contributed by atoms with E-state index in [1.807, 2.05) is 66.0 Å². The van der Waals surface area contributed by atoms with Gasteiger partial charge in [-0.05, 0) is 30.0 Å². The Morgan fingerprint density at radius 1 is 1.06 bits per heavy atom. The maximum absolute atomic E-state index is 12.9. The molecule has 4 rings (SSSR count). The average Bonchev–Trinajstić information content (AvgIpc) is 3.33. The van der Waals surface area contributed by atoms with Gasteiger partial charge in [0.2, 0.25) is 0 Å². The number of benzene rings is 2. The van der Waals surface area contributed by atoms with Gasteiger partial charge in [0.1, 0.15) is 17.1 Å². The fourth-order valence-corrected chi connectivity index (χ4v) is 3.77. The number of thiophene rings is 1. The van der Waals surface area contributed by atoms with Gasteiger partial charge in [0.05, 0.1) is 7.11 Å². The zero-order valence-electron chi connectivity index (χ0n) is 17.0. The maximum atomic E-state index is 12.9. The molecule has 2 aromatic heterocycles. The molecule has 0 spiro atoms. The molecule has 0 unspecified atom stereocenters. The van der Waals surface area contributed by atoms with E-state index in [9.17, 15) is 4.79 Å². The van der Waals surface area contributed by atoms with Crippen molar-refractivity contribution < 1.29 is 9.53 Å². The molecule has 0 atom stereocenters. The molecule has 2 heterocycles. The summed E-state index contributed by atoms with van der Waals surface area (Å²) in [7, 11) is 1.61. The Balaban J connectivity index is 1.60. The Morgan fingerprint density at radius 3 is 2.71 bits per heavy atom. The highest BCUT2D eigenvalue weighted by atomic mass is 32.1. The van der Waals surface area contributed by atoms with Crippen LogP contribution in [0.5, 0.6) is 5.75 Å². The van der Waals surface area contributed by atoms with Gasteiger partial charge in [-0.3, -0.25) is 4.79 Å².